The average Bonchev–Trinajstić information content (AvgIpc) is 2.91. The predicted molar refractivity (Wildman–Crippen MR) is 149 cm³/mol. The first-order valence-corrected chi connectivity index (χ1v) is 14.7. The Kier molecular flexibility index (Phi) is 7.69. The van der Waals surface area contributed by atoms with Crippen LogP contribution in [0.1, 0.15) is 41.0 Å². The van der Waals surface area contributed by atoms with E-state index in [2.05, 4.69) is 67.3 Å². The van der Waals surface area contributed by atoms with Crippen molar-refractivity contribution in [3.05, 3.63) is 89.0 Å². The van der Waals surface area contributed by atoms with E-state index in [1.165, 1.54) is 27.8 Å². The van der Waals surface area contributed by atoms with Crippen LogP contribution >= 0.6 is 0 Å². The Hall–Kier alpha value is -3.02. The van der Waals surface area contributed by atoms with Gasteiger partial charge in [-0.1, -0.05) is 54.6 Å². The molecule has 3 aromatic carbocycles. The zero-order chi connectivity index (χ0) is 26.9. The number of fused-ring (bicyclic) bond motifs is 1. The highest BCUT2D eigenvalue weighted by Crippen LogP contribution is 2.43. The molecule has 2 fully saturated rings. The van der Waals surface area contributed by atoms with Crippen molar-refractivity contribution in [1.82, 2.24) is 9.21 Å². The number of methoxy groups -OCH3 is 1. The number of hydrogen-bond acceptors (Lipinski definition) is 5. The molecule has 2 heterocycles. The fraction of sp³-hybridized carbons (Fsp3) is 0.387. The van der Waals surface area contributed by atoms with Gasteiger partial charge in [-0.05, 0) is 73.2 Å². The smallest absolute Gasteiger partial charge is 0.244 e. The molecule has 0 N–H and O–H groups in total. The van der Waals surface area contributed by atoms with Crippen LogP contribution in [0.5, 0.6) is 0 Å². The second-order valence-corrected chi connectivity index (χ2v) is 12.3. The molecule has 198 valence electrons. The molecule has 2 saturated heterocycles. The van der Waals surface area contributed by atoms with E-state index in [1.807, 2.05) is 0 Å². The summed E-state index contributed by atoms with van der Waals surface area (Å²) in [7, 11) is -2.07. The Balaban J connectivity index is 1.46. The van der Waals surface area contributed by atoms with Crippen molar-refractivity contribution in [3.8, 4) is 17.2 Å². The maximum atomic E-state index is 13.8. The van der Waals surface area contributed by atoms with Gasteiger partial charge in [0.2, 0.25) is 10.0 Å². The third-order valence-electron chi connectivity index (χ3n) is 8.32. The van der Waals surface area contributed by atoms with Crippen LogP contribution in [0.2, 0.25) is 0 Å². The molecule has 0 aromatic heterocycles. The number of nitriles is 1. The molecule has 0 bridgehead atoms. The van der Waals surface area contributed by atoms with Gasteiger partial charge in [0, 0.05) is 38.2 Å². The molecule has 0 spiro atoms. The zero-order valence-electron chi connectivity index (χ0n) is 22.3. The van der Waals surface area contributed by atoms with E-state index in [9.17, 15) is 13.7 Å². The highest BCUT2D eigenvalue weighted by atomic mass is 32.2. The highest BCUT2D eigenvalue weighted by Gasteiger charge is 2.50. The first-order valence-electron chi connectivity index (χ1n) is 13.3. The average molecular weight is 530 g/mol. The quantitative estimate of drug-likeness (QED) is 0.444. The van der Waals surface area contributed by atoms with Gasteiger partial charge in [-0.15, -0.1) is 0 Å². The largest absolute Gasteiger partial charge is 0.383 e. The minimum absolute atomic E-state index is 0.0472. The topological polar surface area (TPSA) is 73.6 Å². The molecule has 3 aromatic rings. The summed E-state index contributed by atoms with van der Waals surface area (Å²) in [5.74, 6) is 0.157. The van der Waals surface area contributed by atoms with E-state index in [-0.39, 0.29) is 28.5 Å². The van der Waals surface area contributed by atoms with Gasteiger partial charge in [0.15, 0.2) is 0 Å². The van der Waals surface area contributed by atoms with Crippen molar-refractivity contribution in [3.63, 3.8) is 0 Å². The molecule has 6 nitrogen and oxygen atoms in total. The molecule has 3 atom stereocenters. The van der Waals surface area contributed by atoms with E-state index in [0.717, 1.165) is 19.4 Å². The third kappa shape index (κ3) is 4.78. The molecule has 7 heteroatoms. The number of ether oxygens (including phenoxy) is 1. The van der Waals surface area contributed by atoms with Crippen LogP contribution in [0.3, 0.4) is 0 Å². The fourth-order valence-electron chi connectivity index (χ4n) is 6.15. The molecule has 38 heavy (non-hydrogen) atoms. The second kappa shape index (κ2) is 11.0. The molecule has 5 rings (SSSR count). The van der Waals surface area contributed by atoms with Crippen molar-refractivity contribution < 1.29 is 13.2 Å². The van der Waals surface area contributed by atoms with Gasteiger partial charge in [-0.3, -0.25) is 4.90 Å². The number of benzene rings is 3. The highest BCUT2D eigenvalue weighted by molar-refractivity contribution is 7.89. The van der Waals surface area contributed by atoms with Crippen molar-refractivity contribution in [2.24, 2.45) is 0 Å². The standard InChI is InChI=1S/C31H35N3O3S/c1-22-9-8-11-27(23(22)2)24-13-15-25(16-14-24)31-28-20-33(17-6-7-18-34(28)29(31)21-37-3)38(35,36)30-12-5-4-10-26(30)19-32/h4-5,8-16,28-29,31H,6-7,17-18,20-21H2,1-3H3/t28-,29+,31-/m0/s1. The predicted octanol–water partition coefficient (Wildman–Crippen LogP) is 5.11. The summed E-state index contributed by atoms with van der Waals surface area (Å²) in [6.45, 7) is 6.67. The summed E-state index contributed by atoms with van der Waals surface area (Å²) in [4.78, 5) is 2.52. The Morgan fingerprint density at radius 1 is 0.974 bits per heavy atom. The molecule has 0 unspecified atom stereocenters. The number of aryl methyl sites for hydroxylation is 1. The molecular formula is C31H35N3O3S. The van der Waals surface area contributed by atoms with Crippen LogP contribution < -0.4 is 0 Å². The van der Waals surface area contributed by atoms with Gasteiger partial charge in [-0.2, -0.15) is 9.57 Å². The van der Waals surface area contributed by atoms with E-state index < -0.39 is 10.0 Å². The summed E-state index contributed by atoms with van der Waals surface area (Å²) < 4.78 is 34.7. The normalized spacial score (nSPS) is 22.5. The van der Waals surface area contributed by atoms with Gasteiger partial charge in [0.05, 0.1) is 17.1 Å². The molecule has 0 radical (unpaired) electrons. The van der Waals surface area contributed by atoms with Crippen LogP contribution in [0, 0.1) is 25.2 Å². The summed E-state index contributed by atoms with van der Waals surface area (Å²) in [6, 6.07) is 24.0. The van der Waals surface area contributed by atoms with E-state index in [4.69, 9.17) is 4.74 Å². The lowest BCUT2D eigenvalue weighted by Gasteiger charge is -2.57. The second-order valence-electron chi connectivity index (χ2n) is 10.4. The van der Waals surface area contributed by atoms with Crippen LogP contribution in [0.15, 0.2) is 71.6 Å². The first-order chi connectivity index (χ1) is 18.4. The lowest BCUT2D eigenvalue weighted by Crippen LogP contribution is -2.68. The SMILES string of the molecule is COC[C@@H]1[C@@H](c2ccc(-c3cccc(C)c3C)cc2)[C@@H]2CN(S(=O)(=O)c3ccccc3C#N)CCCCN12. The number of hydrogen-bond donors (Lipinski definition) is 0. The van der Waals surface area contributed by atoms with Crippen molar-refractivity contribution >= 4 is 10.0 Å². The molecule has 0 aliphatic carbocycles. The zero-order valence-corrected chi connectivity index (χ0v) is 23.1. The maximum Gasteiger partial charge on any atom is 0.244 e. The summed E-state index contributed by atoms with van der Waals surface area (Å²) >= 11 is 0. The van der Waals surface area contributed by atoms with Crippen molar-refractivity contribution in [1.29, 1.82) is 5.26 Å². The van der Waals surface area contributed by atoms with Crippen LogP contribution in [0.4, 0.5) is 0 Å². The van der Waals surface area contributed by atoms with Crippen molar-refractivity contribution in [2.75, 3.05) is 33.4 Å². The Morgan fingerprint density at radius 3 is 2.45 bits per heavy atom. The van der Waals surface area contributed by atoms with Crippen LogP contribution in [-0.2, 0) is 14.8 Å². The van der Waals surface area contributed by atoms with Gasteiger partial charge in [-0.25, -0.2) is 8.42 Å². The number of sulfonamides is 1. The first kappa shape index (κ1) is 26.6. The van der Waals surface area contributed by atoms with E-state index in [0.29, 0.717) is 19.7 Å². The Morgan fingerprint density at radius 2 is 1.71 bits per heavy atom. The van der Waals surface area contributed by atoms with Crippen molar-refractivity contribution in [2.45, 2.75) is 49.6 Å². The summed E-state index contributed by atoms with van der Waals surface area (Å²) in [6.07, 6.45) is 1.70. The van der Waals surface area contributed by atoms with Gasteiger partial charge < -0.3 is 4.74 Å². The summed E-state index contributed by atoms with van der Waals surface area (Å²) in [5.41, 5.74) is 6.37. The van der Waals surface area contributed by atoms with Gasteiger partial charge in [0.25, 0.3) is 0 Å². The molecule has 0 saturated carbocycles. The number of nitrogens with zero attached hydrogens (tertiary/aromatic N) is 3. The molecule has 2 aliphatic heterocycles. The van der Waals surface area contributed by atoms with E-state index >= 15 is 0 Å². The van der Waals surface area contributed by atoms with Crippen LogP contribution in [0.25, 0.3) is 11.1 Å². The monoisotopic (exact) mass is 529 g/mol. The van der Waals surface area contributed by atoms with E-state index in [1.54, 1.807) is 35.7 Å². The Labute approximate surface area is 226 Å². The molecular weight excluding hydrogens is 494 g/mol. The lowest BCUT2D eigenvalue weighted by atomic mass is 9.74. The lowest BCUT2D eigenvalue weighted by molar-refractivity contribution is -0.0635. The minimum atomic E-state index is -3.80. The maximum absolute atomic E-state index is 13.8. The molecule has 2 aliphatic rings. The third-order valence-corrected chi connectivity index (χ3v) is 10.2. The minimum Gasteiger partial charge on any atom is -0.383 e. The fourth-order valence-corrected chi connectivity index (χ4v) is 7.79. The molecule has 0 amide bonds. The van der Waals surface area contributed by atoms with Gasteiger partial charge in [0.1, 0.15) is 6.07 Å². The van der Waals surface area contributed by atoms with Gasteiger partial charge >= 0.3 is 0 Å². The number of rotatable bonds is 6. The summed E-state index contributed by atoms with van der Waals surface area (Å²) in [5, 5.41) is 9.55. The Bertz CT molecular complexity index is 1450. The van der Waals surface area contributed by atoms with Crippen LogP contribution in [-0.4, -0.2) is 63.1 Å².